The van der Waals surface area contributed by atoms with E-state index in [1.165, 1.54) is 31.2 Å². The van der Waals surface area contributed by atoms with Crippen LogP contribution in [0.1, 0.15) is 6.92 Å². The van der Waals surface area contributed by atoms with E-state index in [-0.39, 0.29) is 28.4 Å². The number of hydrogen-bond acceptors (Lipinski definition) is 20. The quantitative estimate of drug-likeness (QED) is 0.0992. The minimum Gasteiger partial charge on any atom is -0.508 e. The molecular formula is C33H40O20. The van der Waals surface area contributed by atoms with E-state index in [0.29, 0.717) is 0 Å². The first-order valence-corrected chi connectivity index (χ1v) is 16.4. The fraction of sp³-hybridized carbons (Fsp3) is 0.545. The number of benzene rings is 2. The molecule has 292 valence electrons. The zero-order valence-corrected chi connectivity index (χ0v) is 27.7. The molecule has 3 aliphatic rings. The molecule has 1 aromatic heterocycles. The fourth-order valence-corrected chi connectivity index (χ4v) is 6.23. The minimum absolute atomic E-state index is 0.118. The molecule has 2 aromatic carbocycles. The maximum absolute atomic E-state index is 14.2. The van der Waals surface area contributed by atoms with Crippen LogP contribution in [0.5, 0.6) is 23.0 Å². The summed E-state index contributed by atoms with van der Waals surface area (Å²) in [6, 6.07) is 7.25. The normalized spacial score (nSPS) is 37.8. The molecule has 0 radical (unpaired) electrons. The Kier molecular flexibility index (Phi) is 11.5. The van der Waals surface area contributed by atoms with E-state index in [1.807, 2.05) is 0 Å². The van der Waals surface area contributed by atoms with Crippen molar-refractivity contribution in [2.75, 3.05) is 13.2 Å². The molecule has 53 heavy (non-hydrogen) atoms. The Morgan fingerprint density at radius 3 is 1.85 bits per heavy atom. The molecule has 3 aromatic rings. The summed E-state index contributed by atoms with van der Waals surface area (Å²) >= 11 is 0. The fourth-order valence-electron chi connectivity index (χ4n) is 6.23. The van der Waals surface area contributed by atoms with Gasteiger partial charge in [0.15, 0.2) is 18.2 Å². The number of phenolic OH excluding ortho intramolecular Hbond substituents is 2. The monoisotopic (exact) mass is 756 g/mol. The van der Waals surface area contributed by atoms with Gasteiger partial charge < -0.3 is 94.1 Å². The van der Waals surface area contributed by atoms with Crippen LogP contribution in [0.4, 0.5) is 0 Å². The van der Waals surface area contributed by atoms with E-state index in [9.17, 15) is 66.1 Å². The number of hydrogen-bond donors (Lipinski definition) is 12. The molecule has 0 bridgehead atoms. The summed E-state index contributed by atoms with van der Waals surface area (Å²) in [6.07, 6.45) is -25.3. The number of aliphatic hydroxyl groups excluding tert-OH is 10. The third-order valence-corrected chi connectivity index (χ3v) is 9.29. The number of ether oxygens (including phenoxy) is 6. The van der Waals surface area contributed by atoms with Crippen molar-refractivity contribution in [2.24, 2.45) is 0 Å². The lowest BCUT2D eigenvalue weighted by atomic mass is 9.97. The molecule has 3 fully saturated rings. The Balaban J connectivity index is 1.40. The molecule has 12 N–H and O–H groups in total. The first-order valence-electron chi connectivity index (χ1n) is 16.4. The summed E-state index contributed by atoms with van der Waals surface area (Å²) in [5, 5.41) is 123. The van der Waals surface area contributed by atoms with Crippen molar-refractivity contribution in [2.45, 2.75) is 99.0 Å². The number of fused-ring (bicyclic) bond motifs is 1. The first kappa shape index (κ1) is 39.0. The summed E-state index contributed by atoms with van der Waals surface area (Å²) in [4.78, 5) is 14.2. The second-order valence-electron chi connectivity index (χ2n) is 12.9. The summed E-state index contributed by atoms with van der Waals surface area (Å²) < 4.78 is 39.9. The van der Waals surface area contributed by atoms with E-state index in [0.717, 1.165) is 12.1 Å². The standard InChI is InChI=1S/C33H40O20/c1-10-19(38)25(44)30(53-32-27(46)24(43)21(40)17(9-35)51-32)33(47-10)52-29-22(41)18-14(37)6-13(48-31-26(45)23(42)20(39)16(8-34)50-31)7-15(18)49-28(29)11-2-4-12(36)5-3-11/h2-7,10,16-17,19-21,23-27,30-40,42-46H,8-9H2,1H3/t10-,16-,17+,19-,20+,21-,23-,24+,25-,26+,27-,30-,31-,32-,33-/m0/s1. The van der Waals surface area contributed by atoms with Crippen molar-refractivity contribution in [1.29, 1.82) is 0 Å². The molecule has 0 aliphatic carbocycles. The SMILES string of the molecule is C[C@@H]1O[C@@H](Oc2c(-c3ccc(O)cc3)oc3cc(O[C@H]4O[C@@H](CO)[C@@H](O)[C@H](O)[C@H]4O)cc(O)c3c2=O)[C@@H](O[C@@H]2O[C@H](CO)[C@H](O)[C@@H](O)[C@@H]2O)[C@@H](O)[C@H]1O. The topological polar surface area (TPSA) is 328 Å². The third-order valence-electron chi connectivity index (χ3n) is 9.29. The molecule has 0 spiro atoms. The molecule has 15 atom stereocenters. The Morgan fingerprint density at radius 2 is 1.25 bits per heavy atom. The lowest BCUT2D eigenvalue weighted by Gasteiger charge is -2.45. The molecule has 0 saturated carbocycles. The highest BCUT2D eigenvalue weighted by Crippen LogP contribution is 2.39. The number of aliphatic hydroxyl groups is 10. The Hall–Kier alpha value is -3.71. The van der Waals surface area contributed by atoms with Gasteiger partial charge in [-0.2, -0.15) is 0 Å². The van der Waals surface area contributed by atoms with Gasteiger partial charge in [-0.15, -0.1) is 0 Å². The number of phenols is 2. The summed E-state index contributed by atoms with van der Waals surface area (Å²) in [6.45, 7) is -0.183. The maximum Gasteiger partial charge on any atom is 0.239 e. The largest absolute Gasteiger partial charge is 0.508 e. The van der Waals surface area contributed by atoms with Crippen molar-refractivity contribution >= 4 is 11.0 Å². The van der Waals surface area contributed by atoms with Crippen LogP contribution in [0.25, 0.3) is 22.3 Å². The van der Waals surface area contributed by atoms with E-state index < -0.39 is 128 Å². The van der Waals surface area contributed by atoms with Gasteiger partial charge in [0, 0.05) is 17.7 Å². The second kappa shape index (κ2) is 15.6. The molecule has 4 heterocycles. The molecule has 3 aliphatic heterocycles. The average molecular weight is 757 g/mol. The third kappa shape index (κ3) is 7.39. The Morgan fingerprint density at radius 1 is 0.660 bits per heavy atom. The van der Waals surface area contributed by atoms with E-state index in [1.54, 1.807) is 0 Å². The molecule has 0 unspecified atom stereocenters. The number of rotatable bonds is 9. The van der Waals surface area contributed by atoms with Gasteiger partial charge in [0.25, 0.3) is 0 Å². The zero-order valence-electron chi connectivity index (χ0n) is 27.7. The van der Waals surface area contributed by atoms with Crippen molar-refractivity contribution in [3.63, 3.8) is 0 Å². The lowest BCUT2D eigenvalue weighted by Crippen LogP contribution is -2.64. The van der Waals surface area contributed by atoms with Crippen molar-refractivity contribution in [3.05, 3.63) is 46.6 Å². The summed E-state index contributed by atoms with van der Waals surface area (Å²) in [5.41, 5.74) is -1.24. The Bertz CT molecular complexity index is 1780. The minimum atomic E-state index is -1.94. The van der Waals surface area contributed by atoms with Gasteiger partial charge in [-0.1, -0.05) is 0 Å². The highest BCUT2D eigenvalue weighted by molar-refractivity contribution is 5.88. The van der Waals surface area contributed by atoms with E-state index >= 15 is 0 Å². The van der Waals surface area contributed by atoms with Gasteiger partial charge in [0.2, 0.25) is 23.8 Å². The average Bonchev–Trinajstić information content (AvgIpc) is 3.13. The van der Waals surface area contributed by atoms with Gasteiger partial charge in [-0.05, 0) is 31.2 Å². The molecule has 20 nitrogen and oxygen atoms in total. The molecule has 20 heteroatoms. The van der Waals surface area contributed by atoms with Gasteiger partial charge >= 0.3 is 0 Å². The van der Waals surface area contributed by atoms with Crippen LogP contribution in [0.2, 0.25) is 0 Å². The maximum atomic E-state index is 14.2. The predicted molar refractivity (Wildman–Crippen MR) is 171 cm³/mol. The zero-order chi connectivity index (χ0) is 38.5. The summed E-state index contributed by atoms with van der Waals surface area (Å²) in [5.74, 6) is -2.16. The van der Waals surface area contributed by atoms with Gasteiger partial charge in [0.1, 0.15) is 89.3 Å². The molecule has 0 amide bonds. The van der Waals surface area contributed by atoms with Crippen LogP contribution in [0.3, 0.4) is 0 Å². The summed E-state index contributed by atoms with van der Waals surface area (Å²) in [7, 11) is 0. The molecule has 3 saturated heterocycles. The van der Waals surface area contributed by atoms with Gasteiger partial charge in [0.05, 0.1) is 19.3 Å². The Labute approximate surface area is 298 Å². The highest BCUT2D eigenvalue weighted by Gasteiger charge is 2.51. The van der Waals surface area contributed by atoms with Crippen LogP contribution in [-0.2, 0) is 18.9 Å². The van der Waals surface area contributed by atoms with Crippen molar-refractivity contribution in [1.82, 2.24) is 0 Å². The first-order chi connectivity index (χ1) is 25.1. The highest BCUT2D eigenvalue weighted by atomic mass is 16.8. The van der Waals surface area contributed by atoms with Crippen molar-refractivity contribution in [3.8, 4) is 34.3 Å². The van der Waals surface area contributed by atoms with Crippen molar-refractivity contribution < 1.29 is 94.1 Å². The molecule has 6 rings (SSSR count). The lowest BCUT2D eigenvalue weighted by molar-refractivity contribution is -0.355. The van der Waals surface area contributed by atoms with Gasteiger partial charge in [-0.25, -0.2) is 0 Å². The van der Waals surface area contributed by atoms with E-state index in [2.05, 4.69) is 0 Å². The number of aromatic hydroxyl groups is 2. The van der Waals surface area contributed by atoms with Crippen LogP contribution in [-0.4, -0.2) is 167 Å². The van der Waals surface area contributed by atoms with Gasteiger partial charge in [-0.3, -0.25) is 4.79 Å². The smallest absolute Gasteiger partial charge is 0.239 e. The second-order valence-corrected chi connectivity index (χ2v) is 12.9. The molecular weight excluding hydrogens is 716 g/mol. The van der Waals surface area contributed by atoms with Crippen LogP contribution in [0, 0.1) is 0 Å². The van der Waals surface area contributed by atoms with Crippen LogP contribution in [0.15, 0.2) is 45.6 Å². The van der Waals surface area contributed by atoms with Crippen LogP contribution >= 0.6 is 0 Å². The predicted octanol–water partition coefficient (Wildman–Crippen LogP) is -3.92. The van der Waals surface area contributed by atoms with E-state index in [4.69, 9.17) is 32.8 Å². The van der Waals surface area contributed by atoms with Crippen LogP contribution < -0.4 is 14.9 Å².